The van der Waals surface area contributed by atoms with Crippen molar-refractivity contribution < 1.29 is 13.2 Å². The third-order valence-corrected chi connectivity index (χ3v) is 4.77. The van der Waals surface area contributed by atoms with Crippen LogP contribution in [0, 0.1) is 0 Å². The van der Waals surface area contributed by atoms with Gasteiger partial charge in [-0.1, -0.05) is 30.3 Å². The molecule has 0 fully saturated rings. The molecule has 0 aliphatic heterocycles. The number of nitrogens with zero attached hydrogens (tertiary/aromatic N) is 3. The third-order valence-electron chi connectivity index (χ3n) is 4.77. The zero-order valence-electron chi connectivity index (χ0n) is 14.7. The molecule has 0 aliphatic rings. The molecule has 0 saturated heterocycles. The highest BCUT2D eigenvalue weighted by atomic mass is 19.4. The lowest BCUT2D eigenvalue weighted by Gasteiger charge is -2.14. The summed E-state index contributed by atoms with van der Waals surface area (Å²) in [5.74, 6) is 0. The van der Waals surface area contributed by atoms with E-state index in [4.69, 9.17) is 0 Å². The van der Waals surface area contributed by atoms with Crippen molar-refractivity contribution in [2.24, 2.45) is 7.05 Å². The van der Waals surface area contributed by atoms with Gasteiger partial charge in [-0.25, -0.2) is 4.98 Å². The zero-order valence-corrected chi connectivity index (χ0v) is 14.7. The quantitative estimate of drug-likeness (QED) is 0.517. The van der Waals surface area contributed by atoms with Crippen LogP contribution in [-0.4, -0.2) is 14.1 Å². The molecule has 7 heteroatoms. The Morgan fingerprint density at radius 3 is 2.30 bits per heavy atom. The lowest BCUT2D eigenvalue weighted by atomic mass is 10.1. The summed E-state index contributed by atoms with van der Waals surface area (Å²) in [5, 5.41) is 0.367. The Morgan fingerprint density at radius 1 is 1.00 bits per heavy atom. The summed E-state index contributed by atoms with van der Waals surface area (Å²) < 4.78 is 44.6. The lowest BCUT2D eigenvalue weighted by Crippen LogP contribution is -2.22. The molecule has 4 rings (SSSR count). The van der Waals surface area contributed by atoms with Gasteiger partial charge in [0.2, 0.25) is 0 Å². The topological polar surface area (TPSA) is 39.8 Å². The number of alkyl halides is 3. The van der Waals surface area contributed by atoms with E-state index < -0.39 is 17.4 Å². The van der Waals surface area contributed by atoms with Gasteiger partial charge in [-0.2, -0.15) is 13.2 Å². The molecule has 0 saturated carbocycles. The summed E-state index contributed by atoms with van der Waals surface area (Å²) in [6.07, 6.45) is -4.62. The van der Waals surface area contributed by atoms with Gasteiger partial charge >= 0.3 is 6.18 Å². The monoisotopic (exact) mass is 371 g/mol. The Morgan fingerprint density at radius 2 is 1.63 bits per heavy atom. The molecule has 2 aromatic heterocycles. The number of para-hydroxylation sites is 3. The van der Waals surface area contributed by atoms with Gasteiger partial charge in [0.15, 0.2) is 0 Å². The first-order valence-electron chi connectivity index (χ1n) is 8.49. The highest BCUT2D eigenvalue weighted by Gasteiger charge is 2.40. The van der Waals surface area contributed by atoms with Gasteiger partial charge in [0, 0.05) is 30.1 Å². The van der Waals surface area contributed by atoms with E-state index in [1.165, 1.54) is 9.13 Å². The highest BCUT2D eigenvalue weighted by molar-refractivity contribution is 5.98. The van der Waals surface area contributed by atoms with Gasteiger partial charge in [-0.3, -0.25) is 4.79 Å². The second-order valence-corrected chi connectivity index (χ2v) is 6.30. The number of aromatic nitrogens is 3. The average Bonchev–Trinajstić information content (AvgIpc) is 2.99. The van der Waals surface area contributed by atoms with E-state index >= 15 is 0 Å². The predicted molar refractivity (Wildman–Crippen MR) is 98.6 cm³/mol. The summed E-state index contributed by atoms with van der Waals surface area (Å²) in [5.41, 5.74) is -0.281. The average molecular weight is 371 g/mol. The van der Waals surface area contributed by atoms with E-state index in [0.717, 1.165) is 0 Å². The summed E-state index contributed by atoms with van der Waals surface area (Å²) in [7, 11) is 1.54. The Kier molecular flexibility index (Phi) is 3.83. The normalized spacial score (nSPS) is 12.2. The van der Waals surface area contributed by atoms with Gasteiger partial charge in [-0.15, -0.1) is 0 Å². The molecule has 4 aromatic rings. The molecule has 0 radical (unpaired) electrons. The molecule has 4 nitrogen and oxygen atoms in total. The molecule has 0 atom stereocenters. The minimum Gasteiger partial charge on any atom is -0.337 e. The van der Waals surface area contributed by atoms with Gasteiger partial charge in [-0.05, 0) is 25.1 Å². The molecule has 0 unspecified atom stereocenters. The Bertz CT molecular complexity index is 1240. The Balaban J connectivity index is 2.22. The molecule has 0 amide bonds. The van der Waals surface area contributed by atoms with Crippen LogP contribution >= 0.6 is 0 Å². The molecule has 0 N–H and O–H groups in total. The first-order chi connectivity index (χ1) is 12.8. The van der Waals surface area contributed by atoms with Crippen LogP contribution < -0.4 is 5.56 Å². The van der Waals surface area contributed by atoms with E-state index in [2.05, 4.69) is 4.98 Å². The molecular formula is C20H16F3N3O. The van der Waals surface area contributed by atoms with Crippen molar-refractivity contribution in [2.45, 2.75) is 19.6 Å². The summed E-state index contributed by atoms with van der Waals surface area (Å²) >= 11 is 0. The van der Waals surface area contributed by atoms with E-state index in [9.17, 15) is 18.0 Å². The fourth-order valence-electron chi connectivity index (χ4n) is 3.61. The number of aryl methyl sites for hydroxylation is 2. The minimum atomic E-state index is -4.62. The molecule has 27 heavy (non-hydrogen) atoms. The second kappa shape index (κ2) is 5.97. The van der Waals surface area contributed by atoms with Crippen LogP contribution in [0.5, 0.6) is 0 Å². The zero-order chi connectivity index (χ0) is 19.3. The van der Waals surface area contributed by atoms with Crippen LogP contribution in [0.4, 0.5) is 13.2 Å². The maximum Gasteiger partial charge on any atom is 0.432 e. The molecular weight excluding hydrogens is 355 g/mol. The van der Waals surface area contributed by atoms with Gasteiger partial charge < -0.3 is 9.13 Å². The first kappa shape index (κ1) is 17.3. The predicted octanol–water partition coefficient (Wildman–Crippen LogP) is 4.59. The molecule has 0 spiro atoms. The van der Waals surface area contributed by atoms with Crippen LogP contribution in [-0.2, 0) is 19.8 Å². The summed E-state index contributed by atoms with van der Waals surface area (Å²) in [6.45, 7) is 1.78. The number of fused-ring (bicyclic) bond motifs is 2. The smallest absolute Gasteiger partial charge is 0.337 e. The van der Waals surface area contributed by atoms with Crippen LogP contribution in [0.25, 0.3) is 33.2 Å². The van der Waals surface area contributed by atoms with Crippen molar-refractivity contribution in [1.29, 1.82) is 0 Å². The van der Waals surface area contributed by atoms with E-state index in [1.54, 1.807) is 62.5 Å². The van der Waals surface area contributed by atoms with Crippen molar-refractivity contribution in [1.82, 2.24) is 14.1 Å². The summed E-state index contributed by atoms with van der Waals surface area (Å²) in [4.78, 5) is 17.3. The van der Waals surface area contributed by atoms with Crippen molar-refractivity contribution in [3.63, 3.8) is 0 Å². The maximum atomic E-state index is 14.0. The Labute approximate surface area is 152 Å². The largest absolute Gasteiger partial charge is 0.432 e. The lowest BCUT2D eigenvalue weighted by molar-refractivity contribution is -0.142. The Hall–Kier alpha value is -3.09. The summed E-state index contributed by atoms with van der Waals surface area (Å²) in [6, 6.07) is 13.5. The van der Waals surface area contributed by atoms with E-state index in [-0.39, 0.29) is 17.8 Å². The van der Waals surface area contributed by atoms with E-state index in [0.29, 0.717) is 21.9 Å². The van der Waals surface area contributed by atoms with Crippen LogP contribution in [0.15, 0.2) is 53.3 Å². The maximum absolute atomic E-state index is 14.0. The van der Waals surface area contributed by atoms with Crippen molar-refractivity contribution in [3.05, 3.63) is 64.6 Å². The van der Waals surface area contributed by atoms with Gasteiger partial charge in [0.25, 0.3) is 5.56 Å². The molecule has 2 aromatic carbocycles. The fraction of sp³-hybridized carbons (Fsp3) is 0.200. The van der Waals surface area contributed by atoms with Crippen LogP contribution in [0.3, 0.4) is 0 Å². The van der Waals surface area contributed by atoms with Crippen molar-refractivity contribution in [3.8, 4) is 11.3 Å². The minimum absolute atomic E-state index is 0.128. The molecule has 2 heterocycles. The molecule has 0 aliphatic carbocycles. The third kappa shape index (κ3) is 2.53. The SMILES string of the molecule is CCn1c(C(F)(F)F)c(-c2nc3ccccc3n(C)c2=O)c2ccccc21. The number of hydrogen-bond acceptors (Lipinski definition) is 2. The fourth-order valence-corrected chi connectivity index (χ4v) is 3.61. The van der Waals surface area contributed by atoms with Crippen molar-refractivity contribution >= 4 is 21.9 Å². The second-order valence-electron chi connectivity index (χ2n) is 6.30. The van der Waals surface area contributed by atoms with E-state index in [1.807, 2.05) is 0 Å². The number of rotatable bonds is 2. The van der Waals surface area contributed by atoms with Crippen LogP contribution in [0.1, 0.15) is 12.6 Å². The number of halogens is 3. The molecule has 138 valence electrons. The van der Waals surface area contributed by atoms with Crippen molar-refractivity contribution in [2.75, 3.05) is 0 Å². The first-order valence-corrected chi connectivity index (χ1v) is 8.49. The van der Waals surface area contributed by atoms with Gasteiger partial charge in [0.1, 0.15) is 11.4 Å². The number of benzene rings is 2. The van der Waals surface area contributed by atoms with Gasteiger partial charge in [0.05, 0.1) is 11.0 Å². The standard InChI is InChI=1S/C20H16F3N3O/c1-3-26-14-10-6-4-8-12(14)16(18(26)20(21,22)23)17-19(27)25(2)15-11-7-5-9-13(15)24-17/h4-11H,3H2,1-2H3. The number of hydrogen-bond donors (Lipinski definition) is 0. The van der Waals surface area contributed by atoms with Crippen LogP contribution in [0.2, 0.25) is 0 Å². The molecule has 0 bridgehead atoms. The highest BCUT2D eigenvalue weighted by Crippen LogP contribution is 2.42.